The second kappa shape index (κ2) is 12.1. The number of rotatable bonds is 10. The standard InChI is InChI=1S/C27H30Cl2N2O3/c1-4-18(3)30-27(33)24(5-2)31(16-20-13-14-21(28)15-23(20)29)26(32)17-34-25-12-8-10-19-9-6-7-11-22(19)25/h6-15,18,24H,4-5,16-17H2,1-3H3,(H,30,33). The number of benzene rings is 3. The molecule has 0 aliphatic carbocycles. The molecule has 2 unspecified atom stereocenters. The minimum absolute atomic E-state index is 0.00422. The summed E-state index contributed by atoms with van der Waals surface area (Å²) in [6, 6.07) is 18.0. The van der Waals surface area contributed by atoms with Crippen LogP contribution in [0.1, 0.15) is 39.2 Å². The Hall–Kier alpha value is -2.76. The molecule has 0 saturated heterocycles. The van der Waals surface area contributed by atoms with Crippen molar-refractivity contribution in [3.8, 4) is 5.75 Å². The minimum Gasteiger partial charge on any atom is -0.483 e. The molecule has 2 amide bonds. The summed E-state index contributed by atoms with van der Waals surface area (Å²) in [5, 5.41) is 5.89. The van der Waals surface area contributed by atoms with E-state index in [0.29, 0.717) is 27.8 Å². The van der Waals surface area contributed by atoms with Gasteiger partial charge in [-0.05, 0) is 48.9 Å². The highest BCUT2D eigenvalue weighted by Crippen LogP contribution is 2.26. The molecule has 0 saturated carbocycles. The maximum atomic E-state index is 13.4. The Morgan fingerprint density at radius 3 is 2.44 bits per heavy atom. The van der Waals surface area contributed by atoms with Crippen LogP contribution < -0.4 is 10.1 Å². The topological polar surface area (TPSA) is 58.6 Å². The number of carbonyl (C=O) groups excluding carboxylic acids is 2. The van der Waals surface area contributed by atoms with Crippen LogP contribution >= 0.6 is 23.2 Å². The van der Waals surface area contributed by atoms with Crippen LogP contribution in [0.4, 0.5) is 0 Å². The highest BCUT2D eigenvalue weighted by molar-refractivity contribution is 6.35. The molecule has 0 aliphatic heterocycles. The van der Waals surface area contributed by atoms with E-state index in [9.17, 15) is 9.59 Å². The Balaban J connectivity index is 1.86. The van der Waals surface area contributed by atoms with Gasteiger partial charge in [-0.25, -0.2) is 0 Å². The molecule has 0 aliphatic rings. The average molecular weight is 501 g/mol. The Kier molecular flexibility index (Phi) is 9.20. The van der Waals surface area contributed by atoms with E-state index in [1.807, 2.05) is 63.2 Å². The summed E-state index contributed by atoms with van der Waals surface area (Å²) >= 11 is 12.4. The summed E-state index contributed by atoms with van der Waals surface area (Å²) in [6.07, 6.45) is 1.25. The van der Waals surface area contributed by atoms with E-state index in [1.54, 1.807) is 18.2 Å². The molecule has 5 nitrogen and oxygen atoms in total. The van der Waals surface area contributed by atoms with Crippen molar-refractivity contribution >= 4 is 45.8 Å². The lowest BCUT2D eigenvalue weighted by atomic mass is 10.1. The second-order valence-electron chi connectivity index (χ2n) is 8.27. The van der Waals surface area contributed by atoms with E-state index in [0.717, 1.165) is 17.2 Å². The van der Waals surface area contributed by atoms with Crippen LogP contribution in [0, 0.1) is 0 Å². The predicted octanol–water partition coefficient (Wildman–Crippen LogP) is 6.25. The van der Waals surface area contributed by atoms with Crippen molar-refractivity contribution in [3.63, 3.8) is 0 Å². The number of hydrogen-bond acceptors (Lipinski definition) is 3. The molecule has 3 aromatic rings. The molecule has 3 rings (SSSR count). The van der Waals surface area contributed by atoms with E-state index in [4.69, 9.17) is 27.9 Å². The van der Waals surface area contributed by atoms with Crippen LogP contribution in [0.5, 0.6) is 5.75 Å². The number of ether oxygens (including phenoxy) is 1. The smallest absolute Gasteiger partial charge is 0.261 e. The van der Waals surface area contributed by atoms with Crippen LogP contribution in [0.15, 0.2) is 60.7 Å². The van der Waals surface area contributed by atoms with Gasteiger partial charge in [-0.1, -0.05) is 79.5 Å². The molecule has 0 radical (unpaired) electrons. The van der Waals surface area contributed by atoms with Crippen molar-refractivity contribution in [2.45, 2.75) is 52.2 Å². The van der Waals surface area contributed by atoms with Gasteiger partial charge in [-0.2, -0.15) is 0 Å². The van der Waals surface area contributed by atoms with Crippen molar-refractivity contribution < 1.29 is 14.3 Å². The zero-order chi connectivity index (χ0) is 24.7. The van der Waals surface area contributed by atoms with Crippen LogP contribution in [-0.4, -0.2) is 35.4 Å². The molecule has 2 atom stereocenters. The van der Waals surface area contributed by atoms with Crippen molar-refractivity contribution in [2.24, 2.45) is 0 Å². The number of amides is 2. The Labute approximate surface area is 211 Å². The molecular formula is C27H30Cl2N2O3. The molecule has 1 N–H and O–H groups in total. The third-order valence-electron chi connectivity index (χ3n) is 5.84. The van der Waals surface area contributed by atoms with Gasteiger partial charge in [0.05, 0.1) is 0 Å². The van der Waals surface area contributed by atoms with Crippen molar-refractivity contribution in [1.29, 1.82) is 0 Å². The number of nitrogens with one attached hydrogen (secondary N) is 1. The van der Waals surface area contributed by atoms with Gasteiger partial charge < -0.3 is 15.0 Å². The Morgan fingerprint density at radius 1 is 1.00 bits per heavy atom. The Bertz CT molecular complexity index is 1150. The third-order valence-corrected chi connectivity index (χ3v) is 6.43. The first-order chi connectivity index (χ1) is 16.3. The van der Waals surface area contributed by atoms with Crippen molar-refractivity contribution in [2.75, 3.05) is 6.61 Å². The number of nitrogens with zero attached hydrogens (tertiary/aromatic N) is 1. The van der Waals surface area contributed by atoms with Gasteiger partial charge >= 0.3 is 0 Å². The molecule has 0 bridgehead atoms. The van der Waals surface area contributed by atoms with Crippen LogP contribution in [0.3, 0.4) is 0 Å². The highest BCUT2D eigenvalue weighted by Gasteiger charge is 2.30. The maximum Gasteiger partial charge on any atom is 0.261 e. The summed E-state index contributed by atoms with van der Waals surface area (Å²) in [5.74, 6) is 0.124. The molecule has 180 valence electrons. The largest absolute Gasteiger partial charge is 0.483 e. The summed E-state index contributed by atoms with van der Waals surface area (Å²) in [6.45, 7) is 5.79. The first-order valence-corrected chi connectivity index (χ1v) is 12.2. The number of halogens is 2. The molecule has 0 heterocycles. The van der Waals surface area contributed by atoms with Crippen molar-refractivity contribution in [3.05, 3.63) is 76.3 Å². The second-order valence-corrected chi connectivity index (χ2v) is 9.11. The fourth-order valence-electron chi connectivity index (χ4n) is 3.74. The molecular weight excluding hydrogens is 471 g/mol. The maximum absolute atomic E-state index is 13.4. The van der Waals surface area contributed by atoms with Gasteiger partial charge in [0.1, 0.15) is 11.8 Å². The molecule has 3 aromatic carbocycles. The van der Waals surface area contributed by atoms with E-state index >= 15 is 0 Å². The number of carbonyl (C=O) groups is 2. The highest BCUT2D eigenvalue weighted by atomic mass is 35.5. The predicted molar refractivity (Wildman–Crippen MR) is 138 cm³/mol. The van der Waals surface area contributed by atoms with Gasteiger partial charge in [0, 0.05) is 28.0 Å². The SMILES string of the molecule is CCC(C)NC(=O)C(CC)N(Cc1ccc(Cl)cc1Cl)C(=O)COc1cccc2ccccc12. The number of fused-ring (bicyclic) bond motifs is 1. The first kappa shape index (κ1) is 25.9. The summed E-state index contributed by atoms with van der Waals surface area (Å²) in [5.41, 5.74) is 0.708. The van der Waals surface area contributed by atoms with Crippen LogP contribution in [-0.2, 0) is 16.1 Å². The lowest BCUT2D eigenvalue weighted by Crippen LogP contribution is -2.51. The quantitative estimate of drug-likeness (QED) is 0.358. The van der Waals surface area contributed by atoms with E-state index in [1.165, 1.54) is 4.90 Å². The molecule has 0 spiro atoms. The monoisotopic (exact) mass is 500 g/mol. The average Bonchev–Trinajstić information content (AvgIpc) is 2.83. The van der Waals surface area contributed by atoms with Crippen LogP contribution in [0.2, 0.25) is 10.0 Å². The summed E-state index contributed by atoms with van der Waals surface area (Å²) in [7, 11) is 0. The molecule has 34 heavy (non-hydrogen) atoms. The van der Waals surface area contributed by atoms with Crippen molar-refractivity contribution in [1.82, 2.24) is 10.2 Å². The first-order valence-electron chi connectivity index (χ1n) is 11.5. The summed E-state index contributed by atoms with van der Waals surface area (Å²) in [4.78, 5) is 28.1. The van der Waals surface area contributed by atoms with Gasteiger partial charge in [0.15, 0.2) is 6.61 Å². The lowest BCUT2D eigenvalue weighted by Gasteiger charge is -2.31. The van der Waals surface area contributed by atoms with Gasteiger partial charge in [-0.3, -0.25) is 9.59 Å². The Morgan fingerprint density at radius 2 is 1.74 bits per heavy atom. The normalized spacial score (nSPS) is 12.7. The zero-order valence-corrected chi connectivity index (χ0v) is 21.2. The van der Waals surface area contributed by atoms with Gasteiger partial charge in [-0.15, -0.1) is 0 Å². The van der Waals surface area contributed by atoms with Gasteiger partial charge in [0.2, 0.25) is 5.91 Å². The zero-order valence-electron chi connectivity index (χ0n) is 19.7. The molecule has 7 heteroatoms. The van der Waals surface area contributed by atoms with Gasteiger partial charge in [0.25, 0.3) is 5.91 Å². The molecule has 0 fully saturated rings. The minimum atomic E-state index is -0.663. The van der Waals surface area contributed by atoms with E-state index < -0.39 is 6.04 Å². The lowest BCUT2D eigenvalue weighted by molar-refractivity contribution is -0.143. The number of hydrogen-bond donors (Lipinski definition) is 1. The summed E-state index contributed by atoms with van der Waals surface area (Å²) < 4.78 is 5.95. The third kappa shape index (κ3) is 6.43. The fraction of sp³-hybridized carbons (Fsp3) is 0.333. The molecule has 0 aromatic heterocycles. The van der Waals surface area contributed by atoms with E-state index in [2.05, 4.69) is 5.32 Å². The fourth-order valence-corrected chi connectivity index (χ4v) is 4.21. The van der Waals surface area contributed by atoms with Crippen LogP contribution in [0.25, 0.3) is 10.8 Å². The van der Waals surface area contributed by atoms with E-state index in [-0.39, 0.29) is 31.0 Å².